The van der Waals surface area contributed by atoms with E-state index in [1.54, 1.807) is 0 Å². The van der Waals surface area contributed by atoms with E-state index in [2.05, 4.69) is 0 Å². The van der Waals surface area contributed by atoms with Crippen LogP contribution in [-0.4, -0.2) is 12.0 Å². The molecule has 0 aromatic heterocycles. The van der Waals surface area contributed by atoms with Crippen LogP contribution in [0.4, 0.5) is 0 Å². The van der Waals surface area contributed by atoms with Crippen LogP contribution in [0.2, 0.25) is 0 Å². The third-order valence-electron chi connectivity index (χ3n) is 3.70. The van der Waals surface area contributed by atoms with Crippen LogP contribution in [0.25, 0.3) is 6.08 Å². The molecule has 1 aromatic carbocycles. The van der Waals surface area contributed by atoms with E-state index in [9.17, 15) is 0 Å². The van der Waals surface area contributed by atoms with Crippen molar-refractivity contribution in [2.75, 3.05) is 6.61 Å². The van der Waals surface area contributed by atoms with E-state index in [1.807, 2.05) is 56.3 Å². The van der Waals surface area contributed by atoms with Crippen molar-refractivity contribution in [3.05, 3.63) is 62.8 Å². The molecule has 0 saturated carbocycles. The molecule has 1 nitrogen and oxygen atoms in total. The first-order chi connectivity index (χ1) is 10.9. The number of halogens is 4. The SMILES string of the molecule is CCCOC1=C(Cl)C(Cl)C(C)(C=Cc2ccccc2)C(Cl)=C1Cl. The molecule has 0 N–H and O–H groups in total. The molecule has 0 saturated heterocycles. The zero-order valence-electron chi connectivity index (χ0n) is 13.0. The summed E-state index contributed by atoms with van der Waals surface area (Å²) in [5.74, 6) is 0.380. The quantitative estimate of drug-likeness (QED) is 0.496. The molecule has 1 aromatic rings. The first-order valence-corrected chi connectivity index (χ1v) is 8.95. The second-order valence-electron chi connectivity index (χ2n) is 5.54. The van der Waals surface area contributed by atoms with E-state index < -0.39 is 10.8 Å². The van der Waals surface area contributed by atoms with Gasteiger partial charge in [0.2, 0.25) is 0 Å². The summed E-state index contributed by atoms with van der Waals surface area (Å²) in [4.78, 5) is 0. The minimum Gasteiger partial charge on any atom is -0.491 e. The molecule has 1 aliphatic carbocycles. The third-order valence-corrected chi connectivity index (χ3v) is 5.93. The fourth-order valence-corrected chi connectivity index (χ4v) is 3.64. The van der Waals surface area contributed by atoms with Gasteiger partial charge in [-0.15, -0.1) is 11.6 Å². The smallest absolute Gasteiger partial charge is 0.155 e. The van der Waals surface area contributed by atoms with Gasteiger partial charge in [-0.3, -0.25) is 0 Å². The van der Waals surface area contributed by atoms with Crippen LogP contribution < -0.4 is 0 Å². The Morgan fingerprint density at radius 1 is 1.17 bits per heavy atom. The molecule has 0 fully saturated rings. The van der Waals surface area contributed by atoms with Gasteiger partial charge in [0, 0.05) is 5.41 Å². The van der Waals surface area contributed by atoms with Crippen LogP contribution in [0.1, 0.15) is 25.8 Å². The third kappa shape index (κ3) is 3.91. The zero-order chi connectivity index (χ0) is 17.0. The predicted molar refractivity (Wildman–Crippen MR) is 101 cm³/mol. The lowest BCUT2D eigenvalue weighted by Crippen LogP contribution is -2.32. The maximum atomic E-state index is 6.58. The fraction of sp³-hybridized carbons (Fsp3) is 0.333. The first kappa shape index (κ1) is 18.7. The predicted octanol–water partition coefficient (Wildman–Crippen LogP) is 6.89. The van der Waals surface area contributed by atoms with E-state index >= 15 is 0 Å². The number of hydrogen-bond acceptors (Lipinski definition) is 1. The number of rotatable bonds is 5. The molecule has 0 amide bonds. The van der Waals surface area contributed by atoms with Gasteiger partial charge in [-0.05, 0) is 18.9 Å². The zero-order valence-corrected chi connectivity index (χ0v) is 16.0. The number of alkyl halides is 1. The van der Waals surface area contributed by atoms with Crippen molar-refractivity contribution < 1.29 is 4.74 Å². The molecule has 2 unspecified atom stereocenters. The molecule has 0 radical (unpaired) electrons. The molecule has 124 valence electrons. The van der Waals surface area contributed by atoms with Crippen LogP contribution in [0, 0.1) is 5.41 Å². The summed E-state index contributed by atoms with van der Waals surface area (Å²) in [5, 5.41) is 0.588. The van der Waals surface area contributed by atoms with Gasteiger partial charge in [-0.25, -0.2) is 0 Å². The topological polar surface area (TPSA) is 9.23 Å². The van der Waals surface area contributed by atoms with Crippen molar-refractivity contribution >= 4 is 52.5 Å². The second-order valence-corrected chi connectivity index (χ2v) is 7.14. The highest BCUT2D eigenvalue weighted by Crippen LogP contribution is 2.51. The Bertz CT molecular complexity index is 648. The van der Waals surface area contributed by atoms with Crippen LogP contribution in [-0.2, 0) is 4.74 Å². The Morgan fingerprint density at radius 2 is 1.83 bits per heavy atom. The maximum Gasteiger partial charge on any atom is 0.155 e. The Balaban J connectivity index is 2.37. The summed E-state index contributed by atoms with van der Waals surface area (Å²) in [5.41, 5.74) is 0.345. The Kier molecular flexibility index (Phi) is 6.50. The van der Waals surface area contributed by atoms with Crippen LogP contribution >= 0.6 is 46.4 Å². The highest BCUT2D eigenvalue weighted by atomic mass is 35.5. The summed E-state index contributed by atoms with van der Waals surface area (Å²) in [6, 6.07) is 9.89. The molecule has 0 bridgehead atoms. The van der Waals surface area contributed by atoms with Crippen LogP contribution in [0.15, 0.2) is 57.3 Å². The Hall–Kier alpha value is -0.600. The Labute approximate surface area is 157 Å². The molecular formula is C18H18Cl4O. The highest BCUT2D eigenvalue weighted by Gasteiger charge is 2.43. The fourth-order valence-electron chi connectivity index (χ4n) is 2.26. The van der Waals surface area contributed by atoms with Crippen molar-refractivity contribution in [1.29, 1.82) is 0 Å². The van der Waals surface area contributed by atoms with Gasteiger partial charge in [0.25, 0.3) is 0 Å². The first-order valence-electron chi connectivity index (χ1n) is 7.38. The van der Waals surface area contributed by atoms with Crippen molar-refractivity contribution in [3.8, 4) is 0 Å². The van der Waals surface area contributed by atoms with Crippen molar-refractivity contribution in [2.45, 2.75) is 25.6 Å². The molecule has 23 heavy (non-hydrogen) atoms. The number of allylic oxidation sites excluding steroid dienone is 4. The van der Waals surface area contributed by atoms with Crippen molar-refractivity contribution in [2.24, 2.45) is 5.41 Å². The van der Waals surface area contributed by atoms with Crippen molar-refractivity contribution in [3.63, 3.8) is 0 Å². The molecular weight excluding hydrogens is 374 g/mol. The number of benzene rings is 1. The maximum absolute atomic E-state index is 6.58. The summed E-state index contributed by atoms with van der Waals surface area (Å²) < 4.78 is 5.62. The van der Waals surface area contributed by atoms with Gasteiger partial charge < -0.3 is 4.74 Å². The molecule has 2 atom stereocenters. The van der Waals surface area contributed by atoms with Gasteiger partial charge in [0.15, 0.2) is 5.76 Å². The van der Waals surface area contributed by atoms with Gasteiger partial charge in [0.05, 0.1) is 27.1 Å². The Morgan fingerprint density at radius 3 is 2.43 bits per heavy atom. The van der Waals surface area contributed by atoms with Crippen molar-refractivity contribution in [1.82, 2.24) is 0 Å². The summed E-state index contributed by atoms with van der Waals surface area (Å²) in [7, 11) is 0. The molecule has 1 aliphatic rings. The van der Waals surface area contributed by atoms with E-state index in [4.69, 9.17) is 51.1 Å². The minimum atomic E-state index is -0.702. The summed E-state index contributed by atoms with van der Waals surface area (Å²) in [6.45, 7) is 4.42. The van der Waals surface area contributed by atoms with E-state index in [0.29, 0.717) is 27.5 Å². The average molecular weight is 392 g/mol. The molecule has 2 rings (SSSR count). The molecule has 0 spiro atoms. The van der Waals surface area contributed by atoms with Gasteiger partial charge in [0.1, 0.15) is 0 Å². The van der Waals surface area contributed by atoms with E-state index in [1.165, 1.54) is 0 Å². The molecule has 0 aliphatic heterocycles. The van der Waals surface area contributed by atoms with Crippen LogP contribution in [0.3, 0.4) is 0 Å². The largest absolute Gasteiger partial charge is 0.491 e. The monoisotopic (exact) mass is 390 g/mol. The van der Waals surface area contributed by atoms with E-state index in [-0.39, 0.29) is 0 Å². The summed E-state index contributed by atoms with van der Waals surface area (Å²) >= 11 is 25.9. The lowest BCUT2D eigenvalue weighted by molar-refractivity contribution is 0.217. The van der Waals surface area contributed by atoms with E-state index in [0.717, 1.165) is 12.0 Å². The number of hydrogen-bond donors (Lipinski definition) is 0. The molecule has 0 heterocycles. The minimum absolute atomic E-state index is 0.322. The van der Waals surface area contributed by atoms with Crippen LogP contribution in [0.5, 0.6) is 0 Å². The molecule has 5 heteroatoms. The number of ether oxygens (including phenoxy) is 1. The summed E-state index contributed by atoms with van der Waals surface area (Å²) in [6.07, 6.45) is 4.74. The second kappa shape index (κ2) is 7.98. The van der Waals surface area contributed by atoms with Gasteiger partial charge in [-0.1, -0.05) is 84.2 Å². The standard InChI is InChI=1S/C18H18Cl4O/c1-3-11-23-15-13(19)16(21)18(2,17(22)14(15)20)10-9-12-7-5-4-6-8-12/h4-10,16H,3,11H2,1-2H3. The van der Waals surface area contributed by atoms with Gasteiger partial charge in [-0.2, -0.15) is 0 Å². The normalized spacial score (nSPS) is 25.4. The highest BCUT2D eigenvalue weighted by molar-refractivity contribution is 6.45. The lowest BCUT2D eigenvalue weighted by Gasteiger charge is -2.36. The van der Waals surface area contributed by atoms with Gasteiger partial charge >= 0.3 is 0 Å². The lowest BCUT2D eigenvalue weighted by atomic mass is 9.81. The average Bonchev–Trinajstić information content (AvgIpc) is 2.58.